The van der Waals surface area contributed by atoms with Gasteiger partial charge in [0, 0.05) is 16.1 Å². The van der Waals surface area contributed by atoms with Gasteiger partial charge in [0.15, 0.2) is 0 Å². The van der Waals surface area contributed by atoms with Gasteiger partial charge in [0.05, 0.1) is 0 Å². The second-order valence-electron chi connectivity index (χ2n) is 5.13. The van der Waals surface area contributed by atoms with Crippen molar-refractivity contribution in [3.8, 4) is 0 Å². The van der Waals surface area contributed by atoms with Crippen molar-refractivity contribution < 1.29 is 0 Å². The van der Waals surface area contributed by atoms with Crippen molar-refractivity contribution in [3.63, 3.8) is 0 Å². The molecule has 2 rings (SSSR count). The molecule has 0 spiro atoms. The quantitative estimate of drug-likeness (QED) is 0.851. The number of nitrogens with one attached hydrogen (secondary N) is 1. The van der Waals surface area contributed by atoms with E-state index in [0.717, 1.165) is 13.1 Å². The molecule has 1 aromatic heterocycles. The molecule has 0 aliphatic rings. The summed E-state index contributed by atoms with van der Waals surface area (Å²) in [6.07, 6.45) is 0. The molecule has 1 aromatic carbocycles. The molecule has 0 atom stereocenters. The van der Waals surface area contributed by atoms with E-state index in [1.807, 2.05) is 11.3 Å². The molecule has 2 aromatic rings. The molecular weight excluding hydrogens is 226 g/mol. The Labute approximate surface area is 108 Å². The first-order valence-electron chi connectivity index (χ1n) is 6.28. The molecule has 1 heterocycles. The van der Waals surface area contributed by atoms with Crippen molar-refractivity contribution in [3.05, 3.63) is 34.2 Å². The van der Waals surface area contributed by atoms with E-state index < -0.39 is 0 Å². The molecule has 0 aliphatic heterocycles. The molecule has 0 radical (unpaired) electrons. The van der Waals surface area contributed by atoms with Crippen LogP contribution in [0.1, 0.15) is 29.9 Å². The van der Waals surface area contributed by atoms with E-state index in [1.54, 1.807) is 0 Å². The predicted molar refractivity (Wildman–Crippen MR) is 77.8 cm³/mol. The molecule has 1 nitrogen and oxygen atoms in total. The molecular formula is C15H21NS. The maximum atomic E-state index is 3.53. The maximum Gasteiger partial charge on any atom is 0.0378 e. The number of hydrogen-bond donors (Lipinski definition) is 1. The second-order valence-corrected chi connectivity index (χ2v) is 6.23. The fourth-order valence-electron chi connectivity index (χ4n) is 2.08. The van der Waals surface area contributed by atoms with Gasteiger partial charge < -0.3 is 5.32 Å². The Morgan fingerprint density at radius 1 is 1.24 bits per heavy atom. The molecule has 0 unspecified atom stereocenters. The van der Waals surface area contributed by atoms with Crippen LogP contribution in [-0.4, -0.2) is 6.54 Å². The highest BCUT2D eigenvalue weighted by Gasteiger charge is 2.09. The summed E-state index contributed by atoms with van der Waals surface area (Å²) in [5.74, 6) is 0.714. The monoisotopic (exact) mass is 247 g/mol. The molecule has 0 bridgehead atoms. The van der Waals surface area contributed by atoms with Crippen LogP contribution in [0.25, 0.3) is 10.1 Å². The van der Waals surface area contributed by atoms with Crippen LogP contribution in [-0.2, 0) is 6.54 Å². The van der Waals surface area contributed by atoms with Crippen LogP contribution in [0.2, 0.25) is 0 Å². The topological polar surface area (TPSA) is 12.0 Å². The van der Waals surface area contributed by atoms with E-state index >= 15 is 0 Å². The minimum Gasteiger partial charge on any atom is -0.312 e. The predicted octanol–water partition coefficient (Wildman–Crippen LogP) is 4.26. The fourth-order valence-corrected chi connectivity index (χ4v) is 3.32. The smallest absolute Gasteiger partial charge is 0.0378 e. The second kappa shape index (κ2) is 5.19. The third kappa shape index (κ3) is 2.70. The van der Waals surface area contributed by atoms with Crippen molar-refractivity contribution in [2.75, 3.05) is 6.54 Å². The van der Waals surface area contributed by atoms with Gasteiger partial charge in [0.2, 0.25) is 0 Å². The summed E-state index contributed by atoms with van der Waals surface area (Å²) < 4.78 is 1.45. The van der Waals surface area contributed by atoms with E-state index in [4.69, 9.17) is 0 Å². The van der Waals surface area contributed by atoms with Gasteiger partial charge in [-0.1, -0.05) is 32.0 Å². The van der Waals surface area contributed by atoms with E-state index in [1.165, 1.54) is 26.1 Å². The lowest BCUT2D eigenvalue weighted by Crippen LogP contribution is -2.18. The van der Waals surface area contributed by atoms with Crippen molar-refractivity contribution in [1.29, 1.82) is 0 Å². The Balaban J connectivity index is 2.23. The Morgan fingerprint density at radius 3 is 2.65 bits per heavy atom. The maximum absolute atomic E-state index is 3.53. The molecule has 1 N–H and O–H groups in total. The van der Waals surface area contributed by atoms with E-state index in [-0.39, 0.29) is 0 Å². The van der Waals surface area contributed by atoms with Crippen molar-refractivity contribution in [2.24, 2.45) is 5.92 Å². The number of hydrogen-bond acceptors (Lipinski definition) is 2. The van der Waals surface area contributed by atoms with Crippen molar-refractivity contribution in [2.45, 2.75) is 34.2 Å². The van der Waals surface area contributed by atoms with Gasteiger partial charge in [0.1, 0.15) is 0 Å². The van der Waals surface area contributed by atoms with Crippen LogP contribution in [0.5, 0.6) is 0 Å². The SMILES string of the molecule is Cc1c(CNCC(C)C)sc2c(C)cccc12. The molecule has 92 valence electrons. The summed E-state index contributed by atoms with van der Waals surface area (Å²) in [6.45, 7) is 11.0. The standard InChI is InChI=1S/C15H21NS/c1-10(2)8-16-9-14-12(4)13-7-5-6-11(3)15(13)17-14/h5-7,10,16H,8-9H2,1-4H3. The molecule has 0 amide bonds. The van der Waals surface area contributed by atoms with Crippen LogP contribution >= 0.6 is 11.3 Å². The van der Waals surface area contributed by atoms with Crippen LogP contribution in [0, 0.1) is 19.8 Å². The summed E-state index contributed by atoms with van der Waals surface area (Å²) in [6, 6.07) is 6.59. The largest absolute Gasteiger partial charge is 0.312 e. The first-order valence-corrected chi connectivity index (χ1v) is 7.09. The number of fused-ring (bicyclic) bond motifs is 1. The zero-order valence-corrected chi connectivity index (χ0v) is 11.9. The van der Waals surface area contributed by atoms with Gasteiger partial charge in [-0.05, 0) is 42.8 Å². The van der Waals surface area contributed by atoms with E-state index in [0.29, 0.717) is 5.92 Å². The molecule has 0 saturated carbocycles. The third-order valence-electron chi connectivity index (χ3n) is 3.10. The first kappa shape index (κ1) is 12.6. The van der Waals surface area contributed by atoms with Gasteiger partial charge >= 0.3 is 0 Å². The summed E-state index contributed by atoms with van der Waals surface area (Å²) in [5.41, 5.74) is 2.84. The van der Waals surface area contributed by atoms with Gasteiger partial charge in [-0.3, -0.25) is 0 Å². The fraction of sp³-hybridized carbons (Fsp3) is 0.467. The Bertz CT molecular complexity index is 511. The Hall–Kier alpha value is -0.860. The summed E-state index contributed by atoms with van der Waals surface area (Å²) in [5, 5.41) is 4.96. The van der Waals surface area contributed by atoms with Gasteiger partial charge in [-0.25, -0.2) is 0 Å². The first-order chi connectivity index (χ1) is 8.09. The van der Waals surface area contributed by atoms with E-state index in [9.17, 15) is 0 Å². The van der Waals surface area contributed by atoms with Crippen molar-refractivity contribution in [1.82, 2.24) is 5.32 Å². The number of aryl methyl sites for hydroxylation is 2. The summed E-state index contributed by atoms with van der Waals surface area (Å²) >= 11 is 1.94. The highest BCUT2D eigenvalue weighted by Crippen LogP contribution is 2.32. The summed E-state index contributed by atoms with van der Waals surface area (Å²) in [4.78, 5) is 1.48. The molecule has 17 heavy (non-hydrogen) atoms. The van der Waals surface area contributed by atoms with Gasteiger partial charge in [-0.2, -0.15) is 0 Å². The lowest BCUT2D eigenvalue weighted by molar-refractivity contribution is 0.554. The van der Waals surface area contributed by atoms with Crippen LogP contribution in [0.15, 0.2) is 18.2 Å². The number of thiophene rings is 1. The molecule has 0 saturated heterocycles. The molecule has 2 heteroatoms. The normalized spacial score (nSPS) is 11.6. The third-order valence-corrected chi connectivity index (χ3v) is 4.54. The minimum atomic E-state index is 0.714. The zero-order valence-electron chi connectivity index (χ0n) is 11.1. The summed E-state index contributed by atoms with van der Waals surface area (Å²) in [7, 11) is 0. The van der Waals surface area contributed by atoms with Crippen LogP contribution in [0.4, 0.5) is 0 Å². The highest BCUT2D eigenvalue weighted by atomic mass is 32.1. The highest BCUT2D eigenvalue weighted by molar-refractivity contribution is 7.19. The lowest BCUT2D eigenvalue weighted by atomic mass is 10.1. The van der Waals surface area contributed by atoms with Crippen molar-refractivity contribution >= 4 is 21.4 Å². The lowest BCUT2D eigenvalue weighted by Gasteiger charge is -2.06. The average molecular weight is 247 g/mol. The minimum absolute atomic E-state index is 0.714. The molecule has 0 aliphatic carbocycles. The van der Waals surface area contributed by atoms with Gasteiger partial charge in [-0.15, -0.1) is 11.3 Å². The number of benzene rings is 1. The number of rotatable bonds is 4. The van der Waals surface area contributed by atoms with Crippen LogP contribution < -0.4 is 5.32 Å². The Kier molecular flexibility index (Phi) is 3.85. The van der Waals surface area contributed by atoms with Gasteiger partial charge in [0.25, 0.3) is 0 Å². The van der Waals surface area contributed by atoms with E-state index in [2.05, 4.69) is 51.2 Å². The Morgan fingerprint density at radius 2 is 2.00 bits per heavy atom. The molecule has 0 fully saturated rings. The van der Waals surface area contributed by atoms with Crippen LogP contribution in [0.3, 0.4) is 0 Å². The zero-order chi connectivity index (χ0) is 12.4. The average Bonchev–Trinajstić information content (AvgIpc) is 2.58.